The second kappa shape index (κ2) is 5.57. The molecule has 0 aromatic heterocycles. The number of hydrogen-bond donors (Lipinski definition) is 1. The highest BCUT2D eigenvalue weighted by molar-refractivity contribution is 7.89. The second-order valence-corrected chi connectivity index (χ2v) is 6.78. The third-order valence-electron chi connectivity index (χ3n) is 3.27. The third-order valence-corrected chi connectivity index (χ3v) is 5.48. The Morgan fingerprint density at radius 1 is 1.28 bits per heavy atom. The lowest BCUT2D eigenvalue weighted by Gasteiger charge is -2.33. The van der Waals surface area contributed by atoms with E-state index in [1.807, 2.05) is 0 Å². The third kappa shape index (κ3) is 2.69. The molecule has 0 bridgehead atoms. The van der Waals surface area contributed by atoms with Crippen molar-refractivity contribution in [3.63, 3.8) is 0 Å². The summed E-state index contributed by atoms with van der Waals surface area (Å²) < 4.78 is 26.5. The molecule has 1 heterocycles. The Bertz CT molecular complexity index is 501. The molecular formula is C12H17ClN2O2S. The van der Waals surface area contributed by atoms with Gasteiger partial charge >= 0.3 is 0 Å². The maximum atomic E-state index is 12.5. The van der Waals surface area contributed by atoms with Crippen molar-refractivity contribution in [1.29, 1.82) is 0 Å². The van der Waals surface area contributed by atoms with E-state index < -0.39 is 10.0 Å². The van der Waals surface area contributed by atoms with Crippen molar-refractivity contribution in [2.75, 3.05) is 13.1 Å². The summed E-state index contributed by atoms with van der Waals surface area (Å²) in [5.74, 6) is 0. The molecule has 100 valence electrons. The summed E-state index contributed by atoms with van der Waals surface area (Å²) in [5, 5.41) is 0.531. The molecule has 1 aliphatic rings. The van der Waals surface area contributed by atoms with E-state index in [4.69, 9.17) is 17.3 Å². The minimum atomic E-state index is -3.45. The first-order valence-electron chi connectivity index (χ1n) is 6.03. The van der Waals surface area contributed by atoms with Crippen LogP contribution in [0.1, 0.15) is 19.3 Å². The van der Waals surface area contributed by atoms with Gasteiger partial charge in [0.05, 0.1) is 4.90 Å². The molecule has 0 spiro atoms. The molecule has 0 aliphatic carbocycles. The van der Waals surface area contributed by atoms with Gasteiger partial charge in [0, 0.05) is 24.2 Å². The zero-order valence-corrected chi connectivity index (χ0v) is 11.6. The SMILES string of the molecule is NCC1CCCCN1S(=O)(=O)c1ccc(Cl)cc1. The van der Waals surface area contributed by atoms with Crippen molar-refractivity contribution in [2.45, 2.75) is 30.2 Å². The van der Waals surface area contributed by atoms with Crippen LogP contribution in [-0.4, -0.2) is 31.9 Å². The largest absolute Gasteiger partial charge is 0.329 e. The average Bonchev–Trinajstić information content (AvgIpc) is 2.39. The van der Waals surface area contributed by atoms with Crippen molar-refractivity contribution in [3.05, 3.63) is 29.3 Å². The summed E-state index contributed by atoms with van der Waals surface area (Å²) in [6.07, 6.45) is 2.77. The van der Waals surface area contributed by atoms with Gasteiger partial charge in [0.2, 0.25) is 10.0 Å². The molecule has 1 aliphatic heterocycles. The molecular weight excluding hydrogens is 272 g/mol. The Labute approximate surface area is 113 Å². The molecule has 0 amide bonds. The number of nitrogens with two attached hydrogens (primary N) is 1. The minimum Gasteiger partial charge on any atom is -0.329 e. The maximum Gasteiger partial charge on any atom is 0.243 e. The van der Waals surface area contributed by atoms with Crippen molar-refractivity contribution < 1.29 is 8.42 Å². The van der Waals surface area contributed by atoms with Crippen molar-refractivity contribution in [2.24, 2.45) is 5.73 Å². The van der Waals surface area contributed by atoms with Gasteiger partial charge < -0.3 is 5.73 Å². The van der Waals surface area contributed by atoms with Crippen LogP contribution in [0.4, 0.5) is 0 Å². The average molecular weight is 289 g/mol. The van der Waals surface area contributed by atoms with Gasteiger partial charge in [-0.1, -0.05) is 18.0 Å². The van der Waals surface area contributed by atoms with Gasteiger partial charge in [0.25, 0.3) is 0 Å². The lowest BCUT2D eigenvalue weighted by Crippen LogP contribution is -2.47. The zero-order valence-electron chi connectivity index (χ0n) is 10.0. The van der Waals surface area contributed by atoms with Crippen LogP contribution in [0.5, 0.6) is 0 Å². The Kier molecular flexibility index (Phi) is 4.27. The number of benzene rings is 1. The highest BCUT2D eigenvalue weighted by atomic mass is 35.5. The molecule has 18 heavy (non-hydrogen) atoms. The number of hydrogen-bond acceptors (Lipinski definition) is 3. The molecule has 2 N–H and O–H groups in total. The van der Waals surface area contributed by atoms with Crippen LogP contribution in [0.2, 0.25) is 5.02 Å². The Hall–Kier alpha value is -0.620. The van der Waals surface area contributed by atoms with Gasteiger partial charge in [-0.3, -0.25) is 0 Å². The second-order valence-electron chi connectivity index (χ2n) is 4.45. The van der Waals surface area contributed by atoms with E-state index in [9.17, 15) is 8.42 Å². The van der Waals surface area contributed by atoms with Gasteiger partial charge in [-0.05, 0) is 37.1 Å². The van der Waals surface area contributed by atoms with Crippen LogP contribution in [0.15, 0.2) is 29.2 Å². The highest BCUT2D eigenvalue weighted by Crippen LogP contribution is 2.25. The van der Waals surface area contributed by atoms with Gasteiger partial charge in [0.15, 0.2) is 0 Å². The van der Waals surface area contributed by atoms with Gasteiger partial charge in [-0.25, -0.2) is 8.42 Å². The minimum absolute atomic E-state index is 0.0839. The molecule has 0 saturated carbocycles. The van der Waals surface area contributed by atoms with Crippen LogP contribution in [0, 0.1) is 0 Å². The molecule has 4 nitrogen and oxygen atoms in total. The molecule has 1 saturated heterocycles. The summed E-state index contributed by atoms with van der Waals surface area (Å²) in [7, 11) is -3.45. The monoisotopic (exact) mass is 288 g/mol. The summed E-state index contributed by atoms with van der Waals surface area (Å²) in [4.78, 5) is 0.284. The number of halogens is 1. The van der Waals surface area contributed by atoms with E-state index in [2.05, 4.69) is 0 Å². The normalized spacial score (nSPS) is 22.0. The zero-order chi connectivity index (χ0) is 13.2. The number of piperidine rings is 1. The smallest absolute Gasteiger partial charge is 0.243 e. The topological polar surface area (TPSA) is 63.4 Å². The van der Waals surface area contributed by atoms with Crippen LogP contribution in [0.3, 0.4) is 0 Å². The molecule has 0 radical (unpaired) electrons. The van der Waals surface area contributed by atoms with E-state index in [0.717, 1.165) is 19.3 Å². The van der Waals surface area contributed by atoms with Crippen molar-refractivity contribution >= 4 is 21.6 Å². The number of rotatable bonds is 3. The molecule has 1 aromatic rings. The predicted octanol–water partition coefficient (Wildman–Crippen LogP) is 1.84. The lowest BCUT2D eigenvalue weighted by atomic mass is 10.1. The van der Waals surface area contributed by atoms with Gasteiger partial charge in [-0.2, -0.15) is 4.31 Å². The maximum absolute atomic E-state index is 12.5. The number of nitrogens with zero attached hydrogens (tertiary/aromatic N) is 1. The molecule has 2 rings (SSSR count). The van der Waals surface area contributed by atoms with E-state index in [1.165, 1.54) is 4.31 Å². The van der Waals surface area contributed by atoms with E-state index in [0.29, 0.717) is 18.1 Å². The fraction of sp³-hybridized carbons (Fsp3) is 0.500. The van der Waals surface area contributed by atoms with Crippen molar-refractivity contribution in [3.8, 4) is 0 Å². The summed E-state index contributed by atoms with van der Waals surface area (Å²) in [5.41, 5.74) is 5.67. The van der Waals surface area contributed by atoms with E-state index >= 15 is 0 Å². The van der Waals surface area contributed by atoms with Crippen molar-refractivity contribution in [1.82, 2.24) is 4.31 Å². The first kappa shape index (κ1) is 13.8. The van der Waals surface area contributed by atoms with Crippen LogP contribution < -0.4 is 5.73 Å². The van der Waals surface area contributed by atoms with E-state index in [1.54, 1.807) is 24.3 Å². The first-order valence-corrected chi connectivity index (χ1v) is 7.85. The molecule has 1 atom stereocenters. The Balaban J connectivity index is 2.32. The lowest BCUT2D eigenvalue weighted by molar-refractivity contribution is 0.257. The highest BCUT2D eigenvalue weighted by Gasteiger charge is 2.32. The molecule has 1 aromatic carbocycles. The number of sulfonamides is 1. The Morgan fingerprint density at radius 2 is 1.94 bits per heavy atom. The predicted molar refractivity (Wildman–Crippen MR) is 72.0 cm³/mol. The summed E-state index contributed by atoms with van der Waals surface area (Å²) >= 11 is 5.78. The summed E-state index contributed by atoms with van der Waals surface area (Å²) in [6, 6.07) is 6.19. The Morgan fingerprint density at radius 3 is 2.56 bits per heavy atom. The first-order chi connectivity index (χ1) is 8.55. The van der Waals surface area contributed by atoms with Crippen LogP contribution in [-0.2, 0) is 10.0 Å². The fourth-order valence-corrected chi connectivity index (χ4v) is 4.10. The summed E-state index contributed by atoms with van der Waals surface area (Å²) in [6.45, 7) is 0.916. The fourth-order valence-electron chi connectivity index (χ4n) is 2.27. The molecule has 1 unspecified atom stereocenters. The quantitative estimate of drug-likeness (QED) is 0.923. The molecule has 1 fully saturated rings. The van der Waals surface area contributed by atoms with Gasteiger partial charge in [-0.15, -0.1) is 0 Å². The van der Waals surface area contributed by atoms with Crippen LogP contribution >= 0.6 is 11.6 Å². The molecule has 6 heteroatoms. The standard InChI is InChI=1S/C12H17ClN2O2S/c13-10-4-6-12(7-5-10)18(16,17)15-8-2-1-3-11(15)9-14/h4-7,11H,1-3,8-9,14H2. The van der Waals surface area contributed by atoms with Crippen LogP contribution in [0.25, 0.3) is 0 Å². The van der Waals surface area contributed by atoms with E-state index in [-0.39, 0.29) is 10.9 Å². The van der Waals surface area contributed by atoms with Gasteiger partial charge in [0.1, 0.15) is 0 Å².